The van der Waals surface area contributed by atoms with Gasteiger partial charge < -0.3 is 5.11 Å². The molecule has 0 spiro atoms. The first kappa shape index (κ1) is 14.8. The molecule has 0 aliphatic rings. The van der Waals surface area contributed by atoms with Gasteiger partial charge in [-0.1, -0.05) is 68.4 Å². The van der Waals surface area contributed by atoms with E-state index in [1.54, 1.807) is 0 Å². The van der Waals surface area contributed by atoms with E-state index >= 15 is 0 Å². The maximum atomic E-state index is 10.6. The third kappa shape index (κ3) is 3.47. The number of nitrogens with zero attached hydrogens (tertiary/aromatic N) is 1. The van der Waals surface area contributed by atoms with E-state index in [-0.39, 0.29) is 0 Å². The minimum atomic E-state index is -0.553. The zero-order chi connectivity index (χ0) is 14.4. The van der Waals surface area contributed by atoms with Crippen molar-refractivity contribution < 1.29 is 5.11 Å². The number of hydrogen-bond acceptors (Lipinski definition) is 2. The SMILES string of the molecule is CCN(CC)Cc1ccccc1[C@H](O)c1ccccc1. The van der Waals surface area contributed by atoms with Crippen LogP contribution in [0.3, 0.4) is 0 Å². The summed E-state index contributed by atoms with van der Waals surface area (Å²) in [5, 5.41) is 10.6. The molecule has 2 rings (SSSR count). The lowest BCUT2D eigenvalue weighted by Crippen LogP contribution is -2.23. The average Bonchev–Trinajstić information content (AvgIpc) is 2.53. The summed E-state index contributed by atoms with van der Waals surface area (Å²) in [4.78, 5) is 2.36. The summed E-state index contributed by atoms with van der Waals surface area (Å²) in [7, 11) is 0. The van der Waals surface area contributed by atoms with E-state index in [0.29, 0.717) is 0 Å². The van der Waals surface area contributed by atoms with E-state index in [2.05, 4.69) is 24.8 Å². The van der Waals surface area contributed by atoms with Gasteiger partial charge in [-0.15, -0.1) is 0 Å². The Hall–Kier alpha value is -1.64. The molecular weight excluding hydrogens is 246 g/mol. The number of rotatable bonds is 6. The van der Waals surface area contributed by atoms with Gasteiger partial charge in [-0.25, -0.2) is 0 Å². The molecule has 0 aliphatic carbocycles. The van der Waals surface area contributed by atoms with Gasteiger partial charge >= 0.3 is 0 Å². The molecule has 2 aromatic carbocycles. The standard InChI is InChI=1S/C18H23NO/c1-3-19(4-2)14-16-12-8-9-13-17(16)18(20)15-10-6-5-7-11-15/h5-13,18,20H,3-4,14H2,1-2H3/t18-/m1/s1. The second-order valence-electron chi connectivity index (χ2n) is 4.97. The minimum Gasteiger partial charge on any atom is -0.384 e. The van der Waals surface area contributed by atoms with Gasteiger partial charge in [0, 0.05) is 6.54 Å². The first-order valence-electron chi connectivity index (χ1n) is 7.29. The maximum Gasteiger partial charge on any atom is 0.104 e. The molecule has 0 aromatic heterocycles. The average molecular weight is 269 g/mol. The van der Waals surface area contributed by atoms with Crippen LogP contribution in [-0.2, 0) is 6.54 Å². The van der Waals surface area contributed by atoms with E-state index in [1.807, 2.05) is 48.5 Å². The van der Waals surface area contributed by atoms with E-state index in [4.69, 9.17) is 0 Å². The van der Waals surface area contributed by atoms with Crippen LogP contribution in [0.25, 0.3) is 0 Å². The summed E-state index contributed by atoms with van der Waals surface area (Å²) in [6.07, 6.45) is -0.553. The lowest BCUT2D eigenvalue weighted by atomic mass is 9.96. The van der Waals surface area contributed by atoms with Crippen molar-refractivity contribution in [3.63, 3.8) is 0 Å². The molecule has 0 unspecified atom stereocenters. The number of hydrogen-bond donors (Lipinski definition) is 1. The third-order valence-corrected chi connectivity index (χ3v) is 3.75. The lowest BCUT2D eigenvalue weighted by Gasteiger charge is -2.22. The highest BCUT2D eigenvalue weighted by atomic mass is 16.3. The van der Waals surface area contributed by atoms with Crippen LogP contribution in [0.4, 0.5) is 0 Å². The monoisotopic (exact) mass is 269 g/mol. The van der Waals surface area contributed by atoms with Crippen molar-refractivity contribution in [3.8, 4) is 0 Å². The first-order chi connectivity index (χ1) is 9.76. The van der Waals surface area contributed by atoms with Crippen molar-refractivity contribution in [2.24, 2.45) is 0 Å². The highest BCUT2D eigenvalue weighted by molar-refractivity contribution is 5.35. The Morgan fingerprint density at radius 1 is 0.900 bits per heavy atom. The Balaban J connectivity index is 2.28. The highest BCUT2D eigenvalue weighted by Crippen LogP contribution is 2.25. The predicted octanol–water partition coefficient (Wildman–Crippen LogP) is 3.61. The van der Waals surface area contributed by atoms with Gasteiger partial charge in [-0.2, -0.15) is 0 Å². The van der Waals surface area contributed by atoms with Crippen molar-refractivity contribution in [1.82, 2.24) is 4.90 Å². The molecule has 0 amide bonds. The normalized spacial score (nSPS) is 12.6. The molecule has 2 nitrogen and oxygen atoms in total. The zero-order valence-electron chi connectivity index (χ0n) is 12.3. The van der Waals surface area contributed by atoms with Crippen molar-refractivity contribution in [2.75, 3.05) is 13.1 Å². The van der Waals surface area contributed by atoms with Gasteiger partial charge in [0.15, 0.2) is 0 Å². The van der Waals surface area contributed by atoms with Gasteiger partial charge in [0.2, 0.25) is 0 Å². The smallest absolute Gasteiger partial charge is 0.104 e. The predicted molar refractivity (Wildman–Crippen MR) is 83.6 cm³/mol. The Morgan fingerprint density at radius 3 is 2.15 bits per heavy atom. The fourth-order valence-electron chi connectivity index (χ4n) is 2.45. The molecule has 1 atom stereocenters. The Morgan fingerprint density at radius 2 is 1.50 bits per heavy atom. The van der Waals surface area contributed by atoms with Crippen LogP contribution in [0.15, 0.2) is 54.6 Å². The molecule has 2 heteroatoms. The molecule has 20 heavy (non-hydrogen) atoms. The minimum absolute atomic E-state index is 0.553. The highest BCUT2D eigenvalue weighted by Gasteiger charge is 2.14. The molecule has 0 radical (unpaired) electrons. The van der Waals surface area contributed by atoms with Gasteiger partial charge in [0.1, 0.15) is 6.10 Å². The van der Waals surface area contributed by atoms with Crippen LogP contribution in [0.1, 0.15) is 36.6 Å². The van der Waals surface area contributed by atoms with Crippen molar-refractivity contribution in [1.29, 1.82) is 0 Å². The van der Waals surface area contributed by atoms with Crippen molar-refractivity contribution in [2.45, 2.75) is 26.5 Å². The van der Waals surface area contributed by atoms with Crippen LogP contribution >= 0.6 is 0 Å². The van der Waals surface area contributed by atoms with Gasteiger partial charge in [0.05, 0.1) is 0 Å². The molecular formula is C18H23NO. The summed E-state index contributed by atoms with van der Waals surface area (Å²) in [5.41, 5.74) is 3.15. The number of benzene rings is 2. The fraction of sp³-hybridized carbons (Fsp3) is 0.333. The summed E-state index contributed by atoms with van der Waals surface area (Å²) >= 11 is 0. The summed E-state index contributed by atoms with van der Waals surface area (Å²) in [6, 6.07) is 18.0. The molecule has 2 aromatic rings. The van der Waals surface area contributed by atoms with Gasteiger partial charge in [-0.3, -0.25) is 4.90 Å². The van der Waals surface area contributed by atoms with Crippen molar-refractivity contribution >= 4 is 0 Å². The summed E-state index contributed by atoms with van der Waals surface area (Å²) < 4.78 is 0. The zero-order valence-corrected chi connectivity index (χ0v) is 12.3. The van der Waals surface area contributed by atoms with E-state index < -0.39 is 6.10 Å². The van der Waals surface area contributed by atoms with Gasteiger partial charge in [-0.05, 0) is 29.8 Å². The molecule has 106 valence electrons. The molecule has 0 saturated carbocycles. The second-order valence-corrected chi connectivity index (χ2v) is 4.97. The maximum absolute atomic E-state index is 10.6. The molecule has 1 N–H and O–H groups in total. The molecule has 0 aliphatic heterocycles. The van der Waals surface area contributed by atoms with E-state index in [9.17, 15) is 5.11 Å². The van der Waals surface area contributed by atoms with Crippen LogP contribution < -0.4 is 0 Å². The van der Waals surface area contributed by atoms with Crippen LogP contribution in [0, 0.1) is 0 Å². The fourth-order valence-corrected chi connectivity index (χ4v) is 2.45. The Kier molecular flexibility index (Phi) is 5.33. The van der Waals surface area contributed by atoms with Gasteiger partial charge in [0.25, 0.3) is 0 Å². The number of aliphatic hydroxyl groups is 1. The number of aliphatic hydroxyl groups excluding tert-OH is 1. The van der Waals surface area contributed by atoms with Crippen LogP contribution in [0.5, 0.6) is 0 Å². The second kappa shape index (κ2) is 7.22. The molecule has 0 bridgehead atoms. The van der Waals surface area contributed by atoms with E-state index in [1.165, 1.54) is 5.56 Å². The Labute approximate surface area is 121 Å². The Bertz CT molecular complexity index is 520. The molecule has 0 saturated heterocycles. The lowest BCUT2D eigenvalue weighted by molar-refractivity contribution is 0.215. The van der Waals surface area contributed by atoms with E-state index in [0.717, 1.165) is 30.8 Å². The topological polar surface area (TPSA) is 23.5 Å². The van der Waals surface area contributed by atoms with Crippen LogP contribution in [-0.4, -0.2) is 23.1 Å². The summed E-state index contributed by atoms with van der Waals surface area (Å²) in [6.45, 7) is 7.26. The molecule has 0 fully saturated rings. The third-order valence-electron chi connectivity index (χ3n) is 3.75. The summed E-state index contributed by atoms with van der Waals surface area (Å²) in [5.74, 6) is 0. The largest absolute Gasteiger partial charge is 0.384 e. The quantitative estimate of drug-likeness (QED) is 0.866. The molecule has 0 heterocycles. The van der Waals surface area contributed by atoms with Crippen molar-refractivity contribution in [3.05, 3.63) is 71.3 Å². The first-order valence-corrected chi connectivity index (χ1v) is 7.29. The van der Waals surface area contributed by atoms with Crippen LogP contribution in [0.2, 0.25) is 0 Å².